The zero-order valence-corrected chi connectivity index (χ0v) is 15.3. The van der Waals surface area contributed by atoms with Crippen molar-refractivity contribution in [3.05, 3.63) is 29.8 Å². The summed E-state index contributed by atoms with van der Waals surface area (Å²) in [6.07, 6.45) is -1.88. The first-order chi connectivity index (χ1) is 12.3. The third-order valence-electron chi connectivity index (χ3n) is 4.83. The molecule has 0 radical (unpaired) electrons. The van der Waals surface area contributed by atoms with Crippen LogP contribution >= 0.6 is 0 Å². The first kappa shape index (κ1) is 20.6. The Kier molecular flexibility index (Phi) is 7.32. The lowest BCUT2D eigenvalue weighted by molar-refractivity contribution is -0.137. The first-order valence-electron chi connectivity index (χ1n) is 9.19. The van der Waals surface area contributed by atoms with Gasteiger partial charge in [-0.05, 0) is 62.5 Å². The molecule has 1 aromatic rings. The van der Waals surface area contributed by atoms with Gasteiger partial charge in [0.2, 0.25) is 5.91 Å². The van der Waals surface area contributed by atoms with Gasteiger partial charge in [-0.2, -0.15) is 13.2 Å². The monoisotopic (exact) mass is 371 g/mol. The maximum Gasteiger partial charge on any atom is 0.416 e. The van der Waals surface area contributed by atoms with Gasteiger partial charge in [-0.15, -0.1) is 0 Å². The molecule has 1 aliphatic heterocycles. The Balaban J connectivity index is 1.83. The van der Waals surface area contributed by atoms with Gasteiger partial charge in [0.05, 0.1) is 5.56 Å². The van der Waals surface area contributed by atoms with Crippen LogP contribution in [0.15, 0.2) is 24.3 Å². The van der Waals surface area contributed by atoms with Crippen LogP contribution in [0.3, 0.4) is 0 Å². The molecule has 1 amide bonds. The number of carbonyl (C=O) groups excluding carboxylic acids is 1. The van der Waals surface area contributed by atoms with E-state index in [-0.39, 0.29) is 23.8 Å². The van der Waals surface area contributed by atoms with E-state index in [1.54, 1.807) is 0 Å². The van der Waals surface area contributed by atoms with Crippen molar-refractivity contribution >= 4 is 11.6 Å². The molecule has 3 N–H and O–H groups in total. The molecule has 146 valence electrons. The highest BCUT2D eigenvalue weighted by molar-refractivity contribution is 5.78. The molecule has 4 nitrogen and oxygen atoms in total. The van der Waals surface area contributed by atoms with E-state index in [1.807, 2.05) is 0 Å². The van der Waals surface area contributed by atoms with Gasteiger partial charge in [-0.3, -0.25) is 4.79 Å². The quantitative estimate of drug-likeness (QED) is 0.686. The maximum atomic E-state index is 12.6. The third-order valence-corrected chi connectivity index (χ3v) is 4.83. The molecular weight excluding hydrogens is 343 g/mol. The summed E-state index contributed by atoms with van der Waals surface area (Å²) >= 11 is 0. The maximum absolute atomic E-state index is 12.6. The smallest absolute Gasteiger partial charge is 0.382 e. The number of alkyl halides is 3. The molecule has 1 atom stereocenters. The predicted molar refractivity (Wildman–Crippen MR) is 96.9 cm³/mol. The van der Waals surface area contributed by atoms with Crippen molar-refractivity contribution in [2.75, 3.05) is 25.0 Å². The minimum absolute atomic E-state index is 0.0695. The Hall–Kier alpha value is -1.76. The summed E-state index contributed by atoms with van der Waals surface area (Å²) in [5.41, 5.74) is -0.000219. The van der Waals surface area contributed by atoms with Crippen LogP contribution in [0.5, 0.6) is 0 Å². The normalized spacial score (nSPS) is 17.2. The minimum atomic E-state index is -4.32. The van der Waals surface area contributed by atoms with Gasteiger partial charge in [0, 0.05) is 24.2 Å². The lowest BCUT2D eigenvalue weighted by atomic mass is 9.96. The number of hydrogen-bond donors (Lipinski definition) is 3. The fraction of sp³-hybridized carbons (Fsp3) is 0.632. The molecule has 0 aromatic heterocycles. The van der Waals surface area contributed by atoms with Crippen molar-refractivity contribution in [1.29, 1.82) is 0 Å². The number of amides is 1. The zero-order chi connectivity index (χ0) is 19.2. The van der Waals surface area contributed by atoms with Crippen LogP contribution in [0.1, 0.15) is 38.7 Å². The van der Waals surface area contributed by atoms with E-state index >= 15 is 0 Å². The van der Waals surface area contributed by atoms with Gasteiger partial charge in [-0.25, -0.2) is 0 Å². The number of anilines is 1. The highest BCUT2D eigenvalue weighted by Crippen LogP contribution is 2.30. The predicted octanol–water partition coefficient (Wildman–Crippen LogP) is 3.65. The molecule has 0 aliphatic carbocycles. The highest BCUT2D eigenvalue weighted by Gasteiger charge is 2.30. The van der Waals surface area contributed by atoms with Gasteiger partial charge in [-0.1, -0.05) is 13.8 Å². The number of benzene rings is 1. The summed E-state index contributed by atoms with van der Waals surface area (Å²) < 4.78 is 37.9. The second-order valence-corrected chi connectivity index (χ2v) is 7.17. The van der Waals surface area contributed by atoms with E-state index in [0.717, 1.165) is 44.5 Å². The second kappa shape index (κ2) is 9.26. The van der Waals surface area contributed by atoms with Crippen LogP contribution < -0.4 is 16.0 Å². The number of carbonyl (C=O) groups is 1. The molecule has 1 aliphatic rings. The van der Waals surface area contributed by atoms with Crippen molar-refractivity contribution in [2.24, 2.45) is 11.8 Å². The van der Waals surface area contributed by atoms with Gasteiger partial charge in [0.25, 0.3) is 0 Å². The second-order valence-electron chi connectivity index (χ2n) is 7.17. The molecule has 1 aromatic carbocycles. The van der Waals surface area contributed by atoms with Crippen molar-refractivity contribution in [2.45, 2.75) is 45.3 Å². The number of piperidine rings is 1. The average Bonchev–Trinajstić information content (AvgIpc) is 2.61. The number of halogens is 3. The highest BCUT2D eigenvalue weighted by atomic mass is 19.4. The van der Waals surface area contributed by atoms with Crippen molar-refractivity contribution in [3.8, 4) is 0 Å². The summed E-state index contributed by atoms with van der Waals surface area (Å²) in [4.78, 5) is 12.2. The van der Waals surface area contributed by atoms with Crippen molar-refractivity contribution in [1.82, 2.24) is 10.6 Å². The van der Waals surface area contributed by atoms with Crippen LogP contribution in [-0.4, -0.2) is 31.6 Å². The Morgan fingerprint density at radius 3 is 2.35 bits per heavy atom. The van der Waals surface area contributed by atoms with Crippen LogP contribution in [0.4, 0.5) is 18.9 Å². The van der Waals surface area contributed by atoms with Crippen LogP contribution in [0, 0.1) is 11.8 Å². The molecule has 2 rings (SSSR count). The molecule has 1 saturated heterocycles. The first-order valence-corrected chi connectivity index (χ1v) is 9.19. The van der Waals surface area contributed by atoms with Gasteiger partial charge < -0.3 is 16.0 Å². The van der Waals surface area contributed by atoms with Crippen molar-refractivity contribution in [3.63, 3.8) is 0 Å². The lowest BCUT2D eigenvalue weighted by Crippen LogP contribution is -2.40. The fourth-order valence-electron chi connectivity index (χ4n) is 3.12. The van der Waals surface area contributed by atoms with Crippen LogP contribution in [-0.2, 0) is 11.0 Å². The van der Waals surface area contributed by atoms with E-state index in [2.05, 4.69) is 29.8 Å². The van der Waals surface area contributed by atoms with E-state index < -0.39 is 11.7 Å². The average molecular weight is 371 g/mol. The van der Waals surface area contributed by atoms with Gasteiger partial charge >= 0.3 is 6.18 Å². The number of hydrogen-bond acceptors (Lipinski definition) is 3. The summed E-state index contributed by atoms with van der Waals surface area (Å²) in [6.45, 7) is 6.41. The molecule has 1 heterocycles. The third kappa shape index (κ3) is 6.20. The van der Waals surface area contributed by atoms with Crippen LogP contribution in [0.25, 0.3) is 0 Å². The molecule has 7 heteroatoms. The molecule has 1 unspecified atom stereocenters. The van der Waals surface area contributed by atoms with E-state index in [0.29, 0.717) is 12.2 Å². The molecular formula is C19H28F3N3O. The van der Waals surface area contributed by atoms with E-state index in [1.165, 1.54) is 12.1 Å². The minimum Gasteiger partial charge on any atom is -0.382 e. The topological polar surface area (TPSA) is 53.2 Å². The Labute approximate surface area is 152 Å². The van der Waals surface area contributed by atoms with Gasteiger partial charge in [0.15, 0.2) is 0 Å². The summed E-state index contributed by atoms with van der Waals surface area (Å²) in [5.74, 6) is 0.466. The lowest BCUT2D eigenvalue weighted by Gasteiger charge is -2.25. The molecule has 26 heavy (non-hydrogen) atoms. The molecule has 0 saturated carbocycles. The summed E-state index contributed by atoms with van der Waals surface area (Å²) in [7, 11) is 0. The molecule has 0 spiro atoms. The fourth-order valence-corrected chi connectivity index (χ4v) is 3.12. The van der Waals surface area contributed by atoms with Crippen molar-refractivity contribution < 1.29 is 18.0 Å². The Morgan fingerprint density at radius 2 is 1.81 bits per heavy atom. The Bertz CT molecular complexity index is 566. The largest absolute Gasteiger partial charge is 0.416 e. The summed E-state index contributed by atoms with van der Waals surface area (Å²) in [5, 5.41) is 9.52. The molecule has 0 bridgehead atoms. The summed E-state index contributed by atoms with van der Waals surface area (Å²) in [6, 6.07) is 5.13. The Morgan fingerprint density at radius 1 is 1.19 bits per heavy atom. The number of nitrogens with one attached hydrogen (secondary N) is 3. The molecule has 1 fully saturated rings. The zero-order valence-electron chi connectivity index (χ0n) is 15.3. The van der Waals surface area contributed by atoms with Gasteiger partial charge in [0.1, 0.15) is 0 Å². The van der Waals surface area contributed by atoms with Crippen LogP contribution in [0.2, 0.25) is 0 Å². The standard InChI is InChI=1S/C19H28F3N3O/c1-13(2)17(9-12-24-18(26)14-7-10-23-11-8-14)25-16-5-3-15(4-6-16)19(20,21)22/h3-6,13-14,17,23,25H,7-12H2,1-2H3,(H,24,26). The SMILES string of the molecule is CC(C)C(CCNC(=O)C1CCNCC1)Nc1ccc(C(F)(F)F)cc1. The van der Waals surface area contributed by atoms with E-state index in [9.17, 15) is 18.0 Å². The number of rotatable bonds is 7. The van der Waals surface area contributed by atoms with E-state index in [4.69, 9.17) is 0 Å².